The average molecular weight is 390 g/mol. The molecule has 0 amide bonds. The van der Waals surface area contributed by atoms with Crippen LogP contribution in [0.25, 0.3) is 0 Å². The van der Waals surface area contributed by atoms with E-state index in [0.29, 0.717) is 23.2 Å². The highest BCUT2D eigenvalue weighted by molar-refractivity contribution is 7.13. The number of esters is 1. The van der Waals surface area contributed by atoms with Gasteiger partial charge >= 0.3 is 5.97 Å². The summed E-state index contributed by atoms with van der Waals surface area (Å²) in [4.78, 5) is 28.8. The molecule has 0 bridgehead atoms. The summed E-state index contributed by atoms with van der Waals surface area (Å²) in [5.74, 6) is -0.206. The van der Waals surface area contributed by atoms with Crippen LogP contribution < -0.4 is 5.32 Å². The second-order valence-corrected chi connectivity index (χ2v) is 7.68. The van der Waals surface area contributed by atoms with Crippen LogP contribution in [0.15, 0.2) is 24.1 Å². The zero-order valence-corrected chi connectivity index (χ0v) is 17.2. The van der Waals surface area contributed by atoms with Crippen molar-refractivity contribution in [1.29, 1.82) is 0 Å². The predicted molar refractivity (Wildman–Crippen MR) is 109 cm³/mol. The minimum absolute atomic E-state index is 0.196. The fraction of sp³-hybridized carbons (Fsp3) is 0.450. The largest absolute Gasteiger partial charge is 0.453 e. The fourth-order valence-corrected chi connectivity index (χ4v) is 3.40. The highest BCUT2D eigenvalue weighted by Crippen LogP contribution is 2.19. The van der Waals surface area contributed by atoms with E-state index >= 15 is 0 Å². The zero-order chi connectivity index (χ0) is 20.0. The Labute approximate surface area is 164 Å². The van der Waals surface area contributed by atoms with Crippen LogP contribution in [-0.4, -0.2) is 34.5 Å². The first-order valence-electron chi connectivity index (χ1n) is 9.00. The van der Waals surface area contributed by atoms with Gasteiger partial charge in [-0.15, -0.1) is 17.9 Å². The Morgan fingerprint density at radius 1 is 1.41 bits per heavy atom. The van der Waals surface area contributed by atoms with Crippen molar-refractivity contribution < 1.29 is 14.3 Å². The van der Waals surface area contributed by atoms with Gasteiger partial charge in [-0.25, -0.2) is 9.78 Å². The summed E-state index contributed by atoms with van der Waals surface area (Å²) in [5.41, 5.74) is 2.76. The summed E-state index contributed by atoms with van der Waals surface area (Å²) in [6.07, 6.45) is 2.75. The predicted octanol–water partition coefficient (Wildman–Crippen LogP) is 4.25. The summed E-state index contributed by atoms with van der Waals surface area (Å²) in [6.45, 7) is 13.0. The van der Waals surface area contributed by atoms with E-state index in [0.717, 1.165) is 24.4 Å². The maximum atomic E-state index is 12.5. The van der Waals surface area contributed by atoms with Gasteiger partial charge in [0.1, 0.15) is 0 Å². The molecule has 0 aromatic carbocycles. The molecular weight excluding hydrogens is 362 g/mol. The number of hydrogen-bond donors (Lipinski definition) is 1. The molecule has 6 nitrogen and oxygen atoms in total. The number of thiazole rings is 1. The Bertz CT molecular complexity index is 821. The second kappa shape index (κ2) is 9.50. The third-order valence-electron chi connectivity index (χ3n) is 4.25. The smallest absolute Gasteiger partial charge is 0.358 e. The van der Waals surface area contributed by atoms with E-state index in [1.165, 1.54) is 11.3 Å². The molecule has 0 radical (unpaired) electrons. The van der Waals surface area contributed by atoms with Crippen LogP contribution >= 0.6 is 11.3 Å². The first-order valence-corrected chi connectivity index (χ1v) is 9.88. The summed E-state index contributed by atoms with van der Waals surface area (Å²) >= 11 is 1.30. The monoisotopic (exact) mass is 389 g/mol. The van der Waals surface area contributed by atoms with Crippen LogP contribution in [0.5, 0.6) is 0 Å². The lowest BCUT2D eigenvalue weighted by atomic mass is 10.1. The van der Waals surface area contributed by atoms with Crippen molar-refractivity contribution in [2.45, 2.75) is 40.7 Å². The quantitative estimate of drug-likeness (QED) is 0.374. The maximum Gasteiger partial charge on any atom is 0.358 e. The highest BCUT2D eigenvalue weighted by Gasteiger charge is 2.19. The normalized spacial score (nSPS) is 10.9. The average Bonchev–Trinajstić information content (AvgIpc) is 3.21. The van der Waals surface area contributed by atoms with Crippen LogP contribution in [0.2, 0.25) is 0 Å². The molecule has 0 saturated heterocycles. The van der Waals surface area contributed by atoms with E-state index in [4.69, 9.17) is 4.74 Å². The maximum absolute atomic E-state index is 12.5. The fourth-order valence-electron chi connectivity index (χ4n) is 2.71. The van der Waals surface area contributed by atoms with Gasteiger partial charge in [-0.1, -0.05) is 19.9 Å². The van der Waals surface area contributed by atoms with Crippen molar-refractivity contribution in [1.82, 2.24) is 9.55 Å². The van der Waals surface area contributed by atoms with Crippen molar-refractivity contribution >= 4 is 28.2 Å². The third-order valence-corrected chi connectivity index (χ3v) is 5.05. The first kappa shape index (κ1) is 20.9. The molecule has 0 atom stereocenters. The van der Waals surface area contributed by atoms with Crippen LogP contribution in [0, 0.1) is 19.8 Å². The molecule has 0 spiro atoms. The van der Waals surface area contributed by atoms with E-state index in [1.807, 2.05) is 19.9 Å². The Morgan fingerprint density at radius 2 is 2.15 bits per heavy atom. The second-order valence-electron chi connectivity index (χ2n) is 6.83. The molecule has 7 heteroatoms. The van der Waals surface area contributed by atoms with Gasteiger partial charge in [0.15, 0.2) is 17.4 Å². The number of nitrogens with zero attached hydrogens (tertiary/aromatic N) is 2. The van der Waals surface area contributed by atoms with Crippen LogP contribution in [0.1, 0.15) is 52.5 Å². The molecular formula is C20H27N3O3S. The summed E-state index contributed by atoms with van der Waals surface area (Å²) < 4.78 is 7.31. The number of carbonyl (C=O) groups excluding carboxylic acids is 2. The molecule has 2 heterocycles. The topological polar surface area (TPSA) is 73.2 Å². The van der Waals surface area contributed by atoms with Crippen molar-refractivity contribution in [3.8, 4) is 0 Å². The molecule has 0 unspecified atom stereocenters. The van der Waals surface area contributed by atoms with Gasteiger partial charge in [0.2, 0.25) is 5.78 Å². The molecule has 2 rings (SSSR count). The van der Waals surface area contributed by atoms with Gasteiger partial charge in [-0.2, -0.15) is 0 Å². The van der Waals surface area contributed by atoms with E-state index < -0.39 is 5.97 Å². The molecule has 146 valence electrons. The van der Waals surface area contributed by atoms with E-state index in [-0.39, 0.29) is 18.1 Å². The molecule has 1 N–H and O–H groups in total. The highest BCUT2D eigenvalue weighted by atomic mass is 32.1. The molecule has 2 aromatic rings. The molecule has 0 aliphatic rings. The number of anilines is 1. The number of Topliss-reactive ketones (excluding diaryl/α,β-unsaturated/α-hetero) is 1. The van der Waals surface area contributed by atoms with Crippen LogP contribution in [-0.2, 0) is 11.3 Å². The third kappa shape index (κ3) is 5.53. The summed E-state index contributed by atoms with van der Waals surface area (Å²) in [7, 11) is 0. The number of carbonyl (C=O) groups is 2. The van der Waals surface area contributed by atoms with Crippen molar-refractivity contribution in [3.05, 3.63) is 46.7 Å². The number of rotatable bonds is 10. The number of aromatic nitrogens is 2. The SMILES string of the molecule is C=CCNc1nc(C(=O)OCC(=O)c2cc(C)n(CCC(C)C)c2C)cs1. The Hall–Kier alpha value is -2.41. The van der Waals surface area contributed by atoms with E-state index in [2.05, 4.69) is 35.3 Å². The lowest BCUT2D eigenvalue weighted by molar-refractivity contribution is 0.0469. The molecule has 2 aromatic heterocycles. The lowest BCUT2D eigenvalue weighted by Gasteiger charge is -2.11. The van der Waals surface area contributed by atoms with E-state index in [9.17, 15) is 9.59 Å². The van der Waals surface area contributed by atoms with Gasteiger partial charge in [0.25, 0.3) is 0 Å². The molecule has 0 saturated carbocycles. The van der Waals surface area contributed by atoms with E-state index in [1.54, 1.807) is 11.5 Å². The minimum atomic E-state index is -0.597. The summed E-state index contributed by atoms with van der Waals surface area (Å²) in [6, 6.07) is 1.87. The number of ketones is 1. The van der Waals surface area contributed by atoms with Gasteiger partial charge in [0, 0.05) is 35.4 Å². The summed E-state index contributed by atoms with van der Waals surface area (Å²) in [5, 5.41) is 5.23. The number of ether oxygens (including phenoxy) is 1. The molecule has 0 fully saturated rings. The van der Waals surface area contributed by atoms with Crippen molar-refractivity contribution in [2.75, 3.05) is 18.5 Å². The first-order chi connectivity index (χ1) is 12.8. The van der Waals surface area contributed by atoms with Crippen LogP contribution in [0.4, 0.5) is 5.13 Å². The Balaban J connectivity index is 1.97. The molecule has 0 aliphatic heterocycles. The van der Waals surface area contributed by atoms with Gasteiger partial charge < -0.3 is 14.6 Å². The number of nitrogens with one attached hydrogen (secondary N) is 1. The van der Waals surface area contributed by atoms with Crippen molar-refractivity contribution in [2.24, 2.45) is 5.92 Å². The van der Waals surface area contributed by atoms with Gasteiger partial charge in [0.05, 0.1) is 0 Å². The van der Waals surface area contributed by atoms with Gasteiger partial charge in [-0.3, -0.25) is 4.79 Å². The van der Waals surface area contributed by atoms with Gasteiger partial charge in [-0.05, 0) is 32.3 Å². The minimum Gasteiger partial charge on any atom is -0.453 e. The standard InChI is InChI=1S/C20H27N3O3S/c1-6-8-21-20-22-17(12-27-20)19(25)26-11-18(24)16-10-14(4)23(15(16)5)9-7-13(2)3/h6,10,12-13H,1,7-9,11H2,2-5H3,(H,21,22). The Morgan fingerprint density at radius 3 is 2.81 bits per heavy atom. The lowest BCUT2D eigenvalue weighted by Crippen LogP contribution is -2.15. The molecule has 27 heavy (non-hydrogen) atoms. The zero-order valence-electron chi connectivity index (χ0n) is 16.4. The van der Waals surface area contributed by atoms with Crippen LogP contribution in [0.3, 0.4) is 0 Å². The Kier molecular flexibility index (Phi) is 7.36. The number of hydrogen-bond acceptors (Lipinski definition) is 6. The molecule has 0 aliphatic carbocycles. The van der Waals surface area contributed by atoms with Crippen molar-refractivity contribution in [3.63, 3.8) is 0 Å². The number of aryl methyl sites for hydroxylation is 1.